The van der Waals surface area contributed by atoms with Crippen LogP contribution in [-0.4, -0.2) is 36.2 Å². The molecule has 0 aliphatic carbocycles. The van der Waals surface area contributed by atoms with Gasteiger partial charge in [-0.1, -0.05) is 6.07 Å². The van der Waals surface area contributed by atoms with Crippen molar-refractivity contribution in [2.75, 3.05) is 20.2 Å². The van der Waals surface area contributed by atoms with Crippen LogP contribution in [0.3, 0.4) is 0 Å². The van der Waals surface area contributed by atoms with Gasteiger partial charge in [0.25, 0.3) is 0 Å². The van der Waals surface area contributed by atoms with Gasteiger partial charge in [0.15, 0.2) is 11.5 Å². The molecule has 0 unspecified atom stereocenters. The second-order valence-corrected chi connectivity index (χ2v) is 5.78. The Morgan fingerprint density at radius 2 is 2.22 bits per heavy atom. The minimum Gasteiger partial charge on any atom is -0.503 e. The first kappa shape index (κ1) is 14.0. The number of hydrogen-bond acceptors (Lipinski definition) is 3. The summed E-state index contributed by atoms with van der Waals surface area (Å²) in [6.45, 7) is 1.82. The molecule has 1 saturated heterocycles. The van der Waals surface area contributed by atoms with Gasteiger partial charge in [-0.3, -0.25) is 4.90 Å². The molecule has 2 aliphatic rings. The van der Waals surface area contributed by atoms with Gasteiger partial charge in [-0.2, -0.15) is 0 Å². The average molecular weight is 335 g/mol. The number of nitrogens with zero attached hydrogens (tertiary/aromatic N) is 1. The molecule has 0 saturated carbocycles. The third kappa shape index (κ3) is 2.10. The molecule has 2 aliphatic heterocycles. The van der Waals surface area contributed by atoms with Crippen LogP contribution in [-0.2, 0) is 0 Å². The summed E-state index contributed by atoms with van der Waals surface area (Å²) in [6, 6.07) is 4.45. The van der Waals surface area contributed by atoms with E-state index >= 15 is 0 Å². The predicted molar refractivity (Wildman–Crippen MR) is 76.9 cm³/mol. The van der Waals surface area contributed by atoms with Crippen molar-refractivity contribution in [3.05, 3.63) is 22.2 Å². The number of piperidine rings is 1. The van der Waals surface area contributed by atoms with Gasteiger partial charge in [0, 0.05) is 11.5 Å². The summed E-state index contributed by atoms with van der Waals surface area (Å²) in [7, 11) is 2.16. The van der Waals surface area contributed by atoms with Crippen LogP contribution < -0.4 is 4.74 Å². The Morgan fingerprint density at radius 3 is 3.00 bits per heavy atom. The minimum atomic E-state index is 0. The lowest BCUT2D eigenvalue weighted by atomic mass is 9.82. The highest BCUT2D eigenvalue weighted by molar-refractivity contribution is 9.10. The van der Waals surface area contributed by atoms with Crippen molar-refractivity contribution in [1.82, 2.24) is 4.90 Å². The monoisotopic (exact) mass is 333 g/mol. The van der Waals surface area contributed by atoms with Crippen molar-refractivity contribution in [3.8, 4) is 11.5 Å². The van der Waals surface area contributed by atoms with Gasteiger partial charge in [0.1, 0.15) is 6.61 Å². The van der Waals surface area contributed by atoms with Crippen LogP contribution in [0.5, 0.6) is 11.5 Å². The van der Waals surface area contributed by atoms with Crippen LogP contribution in [0.15, 0.2) is 16.6 Å². The Labute approximate surface area is 122 Å². The number of rotatable bonds is 0. The summed E-state index contributed by atoms with van der Waals surface area (Å²) in [5.74, 6) is 1.42. The Bertz CT molecular complexity index is 455. The zero-order valence-electron chi connectivity index (χ0n) is 10.2. The maximum Gasteiger partial charge on any atom is 0.172 e. The number of likely N-dealkylation sites (N-methyl/N-ethyl adjacent to an activating group) is 1. The van der Waals surface area contributed by atoms with Crippen LogP contribution in [0.1, 0.15) is 24.3 Å². The van der Waals surface area contributed by atoms with E-state index in [9.17, 15) is 5.11 Å². The molecule has 0 aromatic heterocycles. The third-order valence-corrected chi connectivity index (χ3v) is 4.61. The van der Waals surface area contributed by atoms with E-state index in [0.29, 0.717) is 28.8 Å². The third-order valence-electron chi connectivity index (χ3n) is 3.97. The second-order valence-electron chi connectivity index (χ2n) is 4.92. The van der Waals surface area contributed by atoms with E-state index < -0.39 is 0 Å². The largest absolute Gasteiger partial charge is 0.503 e. The molecule has 0 spiro atoms. The fourth-order valence-corrected chi connectivity index (χ4v) is 3.32. The normalized spacial score (nSPS) is 26.6. The summed E-state index contributed by atoms with van der Waals surface area (Å²) in [6.07, 6.45) is 2.40. The SMILES string of the molecule is CN1CCC[C@@H]2c3ccc(Br)c(O)c3OC[C@H]21.Cl. The molecule has 0 radical (unpaired) electrons. The smallest absolute Gasteiger partial charge is 0.172 e. The molecule has 18 heavy (non-hydrogen) atoms. The van der Waals surface area contributed by atoms with E-state index in [4.69, 9.17) is 4.74 Å². The Hall–Kier alpha value is -0.450. The van der Waals surface area contributed by atoms with Crippen molar-refractivity contribution in [3.63, 3.8) is 0 Å². The quantitative estimate of drug-likeness (QED) is 0.791. The summed E-state index contributed by atoms with van der Waals surface area (Å²) < 4.78 is 6.46. The zero-order chi connectivity index (χ0) is 12.0. The van der Waals surface area contributed by atoms with Crippen LogP contribution in [0, 0.1) is 0 Å². The number of halogens is 2. The molecule has 1 N–H and O–H groups in total. The number of benzene rings is 1. The lowest BCUT2D eigenvalue weighted by molar-refractivity contribution is 0.0848. The van der Waals surface area contributed by atoms with E-state index in [0.717, 1.165) is 12.1 Å². The van der Waals surface area contributed by atoms with Crippen molar-refractivity contribution < 1.29 is 9.84 Å². The van der Waals surface area contributed by atoms with Gasteiger partial charge >= 0.3 is 0 Å². The highest BCUT2D eigenvalue weighted by Crippen LogP contribution is 2.47. The van der Waals surface area contributed by atoms with Crippen LogP contribution >= 0.6 is 28.3 Å². The molecule has 100 valence electrons. The molecule has 0 amide bonds. The Balaban J connectivity index is 0.00000120. The van der Waals surface area contributed by atoms with E-state index in [-0.39, 0.29) is 18.2 Å². The molecule has 1 fully saturated rings. The molecule has 5 heteroatoms. The number of hydrogen-bond donors (Lipinski definition) is 1. The lowest BCUT2D eigenvalue weighted by Gasteiger charge is -2.42. The fourth-order valence-electron chi connectivity index (χ4n) is 3.01. The number of aromatic hydroxyl groups is 1. The Kier molecular flexibility index (Phi) is 4.09. The predicted octanol–water partition coefficient (Wildman–Crippen LogP) is 3.15. The van der Waals surface area contributed by atoms with E-state index in [1.807, 2.05) is 6.07 Å². The maximum absolute atomic E-state index is 10.0. The fraction of sp³-hybridized carbons (Fsp3) is 0.538. The molecule has 0 bridgehead atoms. The second kappa shape index (κ2) is 5.27. The first-order chi connectivity index (χ1) is 8.18. The van der Waals surface area contributed by atoms with Gasteiger partial charge in [0.2, 0.25) is 0 Å². The Morgan fingerprint density at radius 1 is 1.44 bits per heavy atom. The summed E-state index contributed by atoms with van der Waals surface area (Å²) >= 11 is 3.33. The summed E-state index contributed by atoms with van der Waals surface area (Å²) in [5.41, 5.74) is 1.16. The molecule has 2 atom stereocenters. The van der Waals surface area contributed by atoms with E-state index in [1.165, 1.54) is 12.8 Å². The van der Waals surface area contributed by atoms with Gasteiger partial charge in [-0.25, -0.2) is 0 Å². The molecule has 3 rings (SSSR count). The first-order valence-electron chi connectivity index (χ1n) is 6.03. The number of fused-ring (bicyclic) bond motifs is 3. The number of ether oxygens (including phenoxy) is 1. The van der Waals surface area contributed by atoms with Gasteiger partial charge in [-0.15, -0.1) is 12.4 Å². The van der Waals surface area contributed by atoms with Crippen molar-refractivity contribution in [1.29, 1.82) is 0 Å². The molecule has 3 nitrogen and oxygen atoms in total. The van der Waals surface area contributed by atoms with Gasteiger partial charge in [0.05, 0.1) is 10.5 Å². The number of likely N-dealkylation sites (tertiary alicyclic amines) is 1. The lowest BCUT2D eigenvalue weighted by Crippen LogP contribution is -2.47. The first-order valence-corrected chi connectivity index (χ1v) is 6.82. The van der Waals surface area contributed by atoms with Crippen LogP contribution in [0.25, 0.3) is 0 Å². The highest BCUT2D eigenvalue weighted by Gasteiger charge is 2.37. The zero-order valence-corrected chi connectivity index (χ0v) is 12.6. The molecule has 1 aromatic carbocycles. The number of phenols is 1. The van der Waals surface area contributed by atoms with Gasteiger partial charge < -0.3 is 9.84 Å². The molecular formula is C13H17BrClNO2. The molecular weight excluding hydrogens is 318 g/mol. The molecule has 2 heterocycles. The van der Waals surface area contributed by atoms with Crippen LogP contribution in [0.4, 0.5) is 0 Å². The maximum atomic E-state index is 10.0. The topological polar surface area (TPSA) is 32.7 Å². The highest BCUT2D eigenvalue weighted by atomic mass is 79.9. The summed E-state index contributed by atoms with van der Waals surface area (Å²) in [5, 5.41) is 10.0. The van der Waals surface area contributed by atoms with E-state index in [1.54, 1.807) is 0 Å². The standard InChI is InChI=1S/C13H16BrNO2.ClH/c1-15-6-2-3-8-9-4-5-10(14)12(16)13(9)17-7-11(8)15;/h4-5,8,11,16H,2-3,6-7H2,1H3;1H/t8-,11-;/m1./s1. The number of phenolic OH excluding ortho intramolecular Hbond substituents is 1. The minimum absolute atomic E-state index is 0. The summed E-state index contributed by atoms with van der Waals surface area (Å²) in [4.78, 5) is 2.37. The van der Waals surface area contributed by atoms with Crippen molar-refractivity contribution in [2.45, 2.75) is 24.8 Å². The van der Waals surface area contributed by atoms with Gasteiger partial charge in [-0.05, 0) is 48.4 Å². The molecule has 1 aromatic rings. The van der Waals surface area contributed by atoms with Crippen LogP contribution in [0.2, 0.25) is 0 Å². The van der Waals surface area contributed by atoms with Crippen molar-refractivity contribution in [2.24, 2.45) is 0 Å². The average Bonchev–Trinajstić information content (AvgIpc) is 2.34. The van der Waals surface area contributed by atoms with Crippen molar-refractivity contribution >= 4 is 28.3 Å². The van der Waals surface area contributed by atoms with E-state index in [2.05, 4.69) is 33.9 Å².